The molecule has 2 heterocycles. The fourth-order valence-electron chi connectivity index (χ4n) is 4.95. The standard InChI is InChI=1S/C21H20N.C19H17N2.Ir/c1-4-17-12-16(3)21(22-14-17)19-10-11-20(15(2)13-19)18-8-6-5-7-9-18;1-14(2)18-12-20-19(21-13-18)17-10-6-9-16(11-17)15-7-4-3-5-8-15;/h5-9,11-14H,4H2,1-3H3;3-9,11-14H,1-2H3;/q2*-1;. The van der Waals surface area contributed by atoms with Gasteiger partial charge in [-0.05, 0) is 41.6 Å². The molecule has 4 heteroatoms. The molecule has 0 fully saturated rings. The molecule has 0 N–H and O–H groups in total. The van der Waals surface area contributed by atoms with Gasteiger partial charge in [-0.1, -0.05) is 111 Å². The second-order valence-electron chi connectivity index (χ2n) is 11.0. The van der Waals surface area contributed by atoms with E-state index < -0.39 is 0 Å². The van der Waals surface area contributed by atoms with Gasteiger partial charge in [-0.2, -0.15) is 0 Å². The molecule has 6 aromatic rings. The molecule has 0 unspecified atom stereocenters. The molecule has 1 radical (unpaired) electrons. The Morgan fingerprint density at radius 2 is 1.32 bits per heavy atom. The third-order valence-electron chi connectivity index (χ3n) is 7.53. The first kappa shape index (κ1) is 32.7. The fraction of sp³-hybridized carbons (Fsp3) is 0.175. The molecule has 0 aliphatic rings. The Balaban J connectivity index is 0.000000197. The molecule has 0 amide bonds. The van der Waals surface area contributed by atoms with Crippen LogP contribution in [-0.2, 0) is 26.5 Å². The molecule has 0 atom stereocenters. The van der Waals surface area contributed by atoms with Gasteiger partial charge >= 0.3 is 0 Å². The van der Waals surface area contributed by atoms with Crippen molar-refractivity contribution < 1.29 is 20.1 Å². The van der Waals surface area contributed by atoms with E-state index in [0.29, 0.717) is 5.92 Å². The van der Waals surface area contributed by atoms with Crippen molar-refractivity contribution in [3.8, 4) is 44.9 Å². The van der Waals surface area contributed by atoms with Crippen LogP contribution < -0.4 is 0 Å². The second-order valence-corrected chi connectivity index (χ2v) is 11.0. The van der Waals surface area contributed by atoms with Crippen LogP contribution in [0.15, 0.2) is 116 Å². The Bertz CT molecular complexity index is 1780. The minimum Gasteiger partial charge on any atom is -0.304 e. The van der Waals surface area contributed by atoms with E-state index in [0.717, 1.165) is 40.2 Å². The first-order valence-electron chi connectivity index (χ1n) is 14.9. The van der Waals surface area contributed by atoms with Crippen LogP contribution in [0.3, 0.4) is 0 Å². The van der Waals surface area contributed by atoms with Gasteiger partial charge in [0.05, 0.1) is 5.82 Å². The van der Waals surface area contributed by atoms with Crippen LogP contribution in [0.25, 0.3) is 44.9 Å². The monoisotopic (exact) mass is 752 g/mol. The van der Waals surface area contributed by atoms with Crippen LogP contribution in [0, 0.1) is 26.0 Å². The SMILES string of the molecule is CC(C)c1cnc(-c2[c-]ccc(-c3ccccc3)c2)nc1.CCc1cnc(-c2[c-]cc(-c3ccccc3)c(C)c2)c(C)c1.[Ir]. The minimum atomic E-state index is 0. The van der Waals surface area contributed by atoms with Crippen molar-refractivity contribution in [3.05, 3.63) is 150 Å². The zero-order valence-electron chi connectivity index (χ0n) is 25.9. The maximum atomic E-state index is 4.63. The number of aryl methyl sites for hydroxylation is 3. The number of aromatic nitrogens is 3. The first-order chi connectivity index (χ1) is 20.9. The van der Waals surface area contributed by atoms with Gasteiger partial charge in [-0.3, -0.25) is 9.97 Å². The fourth-order valence-corrected chi connectivity index (χ4v) is 4.95. The van der Waals surface area contributed by atoms with Gasteiger partial charge in [0.1, 0.15) is 0 Å². The molecule has 0 saturated carbocycles. The van der Waals surface area contributed by atoms with Crippen LogP contribution in [0.1, 0.15) is 48.9 Å². The summed E-state index contributed by atoms with van der Waals surface area (Å²) in [6.07, 6.45) is 6.78. The van der Waals surface area contributed by atoms with Crippen LogP contribution in [0.4, 0.5) is 0 Å². The molecule has 44 heavy (non-hydrogen) atoms. The van der Waals surface area contributed by atoms with E-state index in [2.05, 4.69) is 128 Å². The van der Waals surface area contributed by atoms with Gasteiger partial charge in [0, 0.05) is 38.7 Å². The zero-order chi connectivity index (χ0) is 30.2. The number of nitrogens with zero attached hydrogens (tertiary/aromatic N) is 3. The summed E-state index contributed by atoms with van der Waals surface area (Å²) in [5.41, 5.74) is 12.7. The summed E-state index contributed by atoms with van der Waals surface area (Å²) in [7, 11) is 0. The zero-order valence-corrected chi connectivity index (χ0v) is 28.3. The van der Waals surface area contributed by atoms with Crippen molar-refractivity contribution in [1.82, 2.24) is 15.0 Å². The maximum absolute atomic E-state index is 4.63. The van der Waals surface area contributed by atoms with E-state index in [1.807, 2.05) is 48.9 Å². The Morgan fingerprint density at radius 1 is 0.659 bits per heavy atom. The van der Waals surface area contributed by atoms with E-state index in [1.54, 1.807) is 0 Å². The van der Waals surface area contributed by atoms with Crippen molar-refractivity contribution in [2.45, 2.75) is 47.0 Å². The van der Waals surface area contributed by atoms with Crippen molar-refractivity contribution in [1.29, 1.82) is 0 Å². The molecular weight excluding hydrogens is 715 g/mol. The van der Waals surface area contributed by atoms with E-state index >= 15 is 0 Å². The summed E-state index contributed by atoms with van der Waals surface area (Å²) < 4.78 is 0. The molecule has 0 bridgehead atoms. The largest absolute Gasteiger partial charge is 0.304 e. The Labute approximate surface area is 275 Å². The van der Waals surface area contributed by atoms with Crippen molar-refractivity contribution in [3.63, 3.8) is 0 Å². The van der Waals surface area contributed by atoms with Gasteiger partial charge in [-0.25, -0.2) is 0 Å². The summed E-state index contributed by atoms with van der Waals surface area (Å²) in [5.74, 6) is 1.16. The number of rotatable bonds is 6. The molecule has 0 spiro atoms. The quantitative estimate of drug-likeness (QED) is 0.159. The molecule has 4 aromatic carbocycles. The van der Waals surface area contributed by atoms with Gasteiger partial charge < -0.3 is 4.98 Å². The van der Waals surface area contributed by atoms with Crippen molar-refractivity contribution in [2.24, 2.45) is 0 Å². The second kappa shape index (κ2) is 15.5. The average Bonchev–Trinajstić information content (AvgIpc) is 3.06. The van der Waals surface area contributed by atoms with Gasteiger partial charge in [-0.15, -0.1) is 64.7 Å². The molecule has 0 aliphatic heterocycles. The summed E-state index contributed by atoms with van der Waals surface area (Å²) >= 11 is 0. The van der Waals surface area contributed by atoms with Crippen molar-refractivity contribution in [2.75, 3.05) is 0 Å². The summed E-state index contributed by atoms with van der Waals surface area (Å²) in [4.78, 5) is 13.6. The third kappa shape index (κ3) is 8.02. The van der Waals surface area contributed by atoms with Crippen LogP contribution in [-0.4, -0.2) is 15.0 Å². The average molecular weight is 752 g/mol. The molecule has 3 nitrogen and oxygen atoms in total. The number of pyridine rings is 1. The van der Waals surface area contributed by atoms with Crippen molar-refractivity contribution >= 4 is 0 Å². The molecule has 0 saturated heterocycles. The Morgan fingerprint density at radius 3 is 1.91 bits per heavy atom. The summed E-state index contributed by atoms with van der Waals surface area (Å²) in [6.45, 7) is 10.7. The van der Waals surface area contributed by atoms with Gasteiger partial charge in [0.25, 0.3) is 0 Å². The number of benzene rings is 4. The molecule has 6 rings (SSSR count). The maximum Gasteiger partial charge on any atom is 0.0748 e. The summed E-state index contributed by atoms with van der Waals surface area (Å²) in [5, 5.41) is 0. The molecule has 223 valence electrons. The Hall–Kier alpha value is -4.24. The number of hydrogen-bond donors (Lipinski definition) is 0. The topological polar surface area (TPSA) is 38.7 Å². The van der Waals surface area contributed by atoms with Crippen LogP contribution in [0.2, 0.25) is 0 Å². The van der Waals surface area contributed by atoms with Crippen LogP contribution in [0.5, 0.6) is 0 Å². The normalized spacial score (nSPS) is 10.5. The third-order valence-corrected chi connectivity index (χ3v) is 7.53. The molecule has 0 aliphatic carbocycles. The molecule has 2 aromatic heterocycles. The van der Waals surface area contributed by atoms with E-state index in [9.17, 15) is 0 Å². The molecular formula is C40H37IrN3-2. The smallest absolute Gasteiger partial charge is 0.0748 e. The first-order valence-corrected chi connectivity index (χ1v) is 14.9. The van der Waals surface area contributed by atoms with E-state index in [1.165, 1.54) is 33.4 Å². The van der Waals surface area contributed by atoms with Gasteiger partial charge in [0.15, 0.2) is 0 Å². The predicted molar refractivity (Wildman–Crippen MR) is 179 cm³/mol. The minimum absolute atomic E-state index is 0. The Kier molecular flexibility index (Phi) is 11.5. The van der Waals surface area contributed by atoms with Gasteiger partial charge in [0.2, 0.25) is 0 Å². The predicted octanol–water partition coefficient (Wildman–Crippen LogP) is 10.1. The van der Waals surface area contributed by atoms with Crippen LogP contribution >= 0.6 is 0 Å². The van der Waals surface area contributed by atoms with E-state index in [-0.39, 0.29) is 20.1 Å². The number of hydrogen-bond acceptors (Lipinski definition) is 3. The summed E-state index contributed by atoms with van der Waals surface area (Å²) in [6, 6.07) is 39.9. The van der Waals surface area contributed by atoms with E-state index in [4.69, 9.17) is 0 Å².